The molecule has 3 unspecified atom stereocenters. The molecule has 1 fully saturated rings. The fourth-order valence-electron chi connectivity index (χ4n) is 3.16. The summed E-state index contributed by atoms with van der Waals surface area (Å²) in [6.07, 6.45) is 3.11. The molecule has 3 atom stereocenters. The molecule has 0 saturated heterocycles. The normalized spacial score (nSPS) is 25.3. The van der Waals surface area contributed by atoms with Crippen molar-refractivity contribution in [2.75, 3.05) is 0 Å². The van der Waals surface area contributed by atoms with E-state index in [-0.39, 0.29) is 10.9 Å². The van der Waals surface area contributed by atoms with Crippen LogP contribution in [0.25, 0.3) is 0 Å². The summed E-state index contributed by atoms with van der Waals surface area (Å²) in [5, 5.41) is 3.44. The molecule has 1 aliphatic rings. The first-order valence-electron chi connectivity index (χ1n) is 8.38. The third-order valence-electron chi connectivity index (χ3n) is 5.37. The van der Waals surface area contributed by atoms with Gasteiger partial charge in [-0.1, -0.05) is 38.3 Å². The minimum absolute atomic E-state index is 0.0287. The molecular weight excluding hydrogens is 346 g/mol. The number of amides is 1. The second kappa shape index (κ2) is 7.04. The number of hydrogen-bond acceptors (Lipinski definition) is 3. The van der Waals surface area contributed by atoms with Gasteiger partial charge in [-0.15, -0.1) is 0 Å². The Morgan fingerprint density at radius 1 is 1.17 bits per heavy atom. The molecule has 24 heavy (non-hydrogen) atoms. The Morgan fingerprint density at radius 3 is 2.33 bits per heavy atom. The molecule has 4 nitrogen and oxygen atoms in total. The van der Waals surface area contributed by atoms with Gasteiger partial charge in [-0.25, -0.2) is 8.42 Å². The van der Waals surface area contributed by atoms with Gasteiger partial charge in [0.05, 0.1) is 4.90 Å². The van der Waals surface area contributed by atoms with E-state index in [1.54, 1.807) is 0 Å². The molecule has 1 N–H and O–H groups in total. The predicted molar refractivity (Wildman–Crippen MR) is 96.8 cm³/mol. The SMILES string of the molecule is CC1CCCC(NC(=O)C(C)(C)S(=O)(=O)c2ccc(Cl)cc2)C1C. The Bertz CT molecular complexity index is 697. The first-order valence-corrected chi connectivity index (χ1v) is 10.2. The minimum Gasteiger partial charge on any atom is -0.352 e. The Kier molecular flexibility index (Phi) is 5.65. The average molecular weight is 372 g/mol. The summed E-state index contributed by atoms with van der Waals surface area (Å²) >= 11 is 5.82. The standard InChI is InChI=1S/C18H26ClNO3S/c1-12-6-5-7-16(13(12)2)20-17(21)18(3,4)24(22,23)15-10-8-14(19)9-11-15/h8-13,16H,5-7H2,1-4H3,(H,20,21). The van der Waals surface area contributed by atoms with Gasteiger partial charge in [-0.2, -0.15) is 0 Å². The average Bonchev–Trinajstić information content (AvgIpc) is 2.52. The van der Waals surface area contributed by atoms with Crippen LogP contribution in [-0.2, 0) is 14.6 Å². The van der Waals surface area contributed by atoms with Crippen molar-refractivity contribution in [1.29, 1.82) is 0 Å². The van der Waals surface area contributed by atoms with Crippen LogP contribution < -0.4 is 5.32 Å². The van der Waals surface area contributed by atoms with E-state index in [1.807, 2.05) is 0 Å². The van der Waals surface area contributed by atoms with Gasteiger partial charge in [0.25, 0.3) is 0 Å². The summed E-state index contributed by atoms with van der Waals surface area (Å²) in [6, 6.07) is 5.96. The largest absolute Gasteiger partial charge is 0.352 e. The third kappa shape index (κ3) is 3.62. The zero-order valence-corrected chi connectivity index (χ0v) is 16.2. The Hall–Kier alpha value is -1.07. The van der Waals surface area contributed by atoms with Crippen molar-refractivity contribution in [2.45, 2.75) is 62.6 Å². The van der Waals surface area contributed by atoms with Crippen LogP contribution in [0.5, 0.6) is 0 Å². The second-order valence-corrected chi connectivity index (χ2v) is 10.3. The molecular formula is C18H26ClNO3S. The van der Waals surface area contributed by atoms with Gasteiger partial charge in [0, 0.05) is 11.1 Å². The zero-order valence-electron chi connectivity index (χ0n) is 14.7. The first-order chi connectivity index (χ1) is 11.1. The topological polar surface area (TPSA) is 63.2 Å². The molecule has 6 heteroatoms. The van der Waals surface area contributed by atoms with E-state index in [1.165, 1.54) is 38.1 Å². The first kappa shape index (κ1) is 19.3. The Labute approximate surface area is 149 Å². The van der Waals surface area contributed by atoms with Crippen LogP contribution in [0.3, 0.4) is 0 Å². The van der Waals surface area contributed by atoms with Gasteiger partial charge in [0.15, 0.2) is 9.84 Å². The lowest BCUT2D eigenvalue weighted by Crippen LogP contribution is -2.53. The number of benzene rings is 1. The zero-order chi connectivity index (χ0) is 18.1. The molecule has 0 heterocycles. The minimum atomic E-state index is -3.81. The summed E-state index contributed by atoms with van der Waals surface area (Å²) in [4.78, 5) is 12.9. The van der Waals surface area contributed by atoms with Crippen molar-refractivity contribution in [3.8, 4) is 0 Å². The maximum Gasteiger partial charge on any atom is 0.241 e. The molecule has 1 amide bonds. The summed E-state index contributed by atoms with van der Waals surface area (Å²) in [5.74, 6) is 0.431. The molecule has 0 bridgehead atoms. The van der Waals surface area contributed by atoms with E-state index < -0.39 is 20.5 Å². The third-order valence-corrected chi connectivity index (χ3v) is 8.04. The number of nitrogens with one attached hydrogen (secondary N) is 1. The number of hydrogen-bond donors (Lipinski definition) is 1. The van der Waals surface area contributed by atoms with E-state index in [4.69, 9.17) is 11.6 Å². The molecule has 0 spiro atoms. The van der Waals surface area contributed by atoms with Crippen molar-refractivity contribution >= 4 is 27.3 Å². The van der Waals surface area contributed by atoms with Crippen LogP contribution in [-0.4, -0.2) is 25.1 Å². The van der Waals surface area contributed by atoms with Crippen LogP contribution >= 0.6 is 11.6 Å². The van der Waals surface area contributed by atoms with Crippen LogP contribution in [0.4, 0.5) is 0 Å². The van der Waals surface area contributed by atoms with Crippen LogP contribution in [0, 0.1) is 11.8 Å². The summed E-state index contributed by atoms with van der Waals surface area (Å²) in [5.41, 5.74) is 0. The van der Waals surface area contributed by atoms with Gasteiger partial charge >= 0.3 is 0 Å². The van der Waals surface area contributed by atoms with E-state index >= 15 is 0 Å². The number of halogens is 1. The highest BCUT2D eigenvalue weighted by Gasteiger charge is 2.44. The highest BCUT2D eigenvalue weighted by atomic mass is 35.5. The summed E-state index contributed by atoms with van der Waals surface area (Å²) < 4.78 is 24.2. The van der Waals surface area contributed by atoms with Crippen molar-refractivity contribution in [2.24, 2.45) is 11.8 Å². The van der Waals surface area contributed by atoms with Crippen molar-refractivity contribution in [1.82, 2.24) is 5.32 Å². The molecule has 1 aliphatic carbocycles. The monoisotopic (exact) mass is 371 g/mol. The van der Waals surface area contributed by atoms with E-state index in [9.17, 15) is 13.2 Å². The number of carbonyl (C=O) groups excluding carboxylic acids is 1. The number of carbonyl (C=O) groups is 1. The second-order valence-electron chi connectivity index (χ2n) is 7.31. The van der Waals surface area contributed by atoms with Gasteiger partial charge in [0.1, 0.15) is 4.75 Å². The Balaban J connectivity index is 2.21. The molecule has 134 valence electrons. The lowest BCUT2D eigenvalue weighted by Gasteiger charge is -2.36. The highest BCUT2D eigenvalue weighted by molar-refractivity contribution is 7.93. The maximum absolute atomic E-state index is 12.9. The quantitative estimate of drug-likeness (QED) is 0.874. The van der Waals surface area contributed by atoms with Crippen LogP contribution in [0.1, 0.15) is 47.0 Å². The molecule has 2 rings (SSSR count). The van der Waals surface area contributed by atoms with Gasteiger partial charge in [-0.05, 0) is 56.4 Å². The van der Waals surface area contributed by atoms with Crippen LogP contribution in [0.15, 0.2) is 29.2 Å². The summed E-state index contributed by atoms with van der Waals surface area (Å²) in [6.45, 7) is 7.22. The van der Waals surface area contributed by atoms with E-state index in [0.717, 1.165) is 19.3 Å². The number of sulfone groups is 1. The lowest BCUT2D eigenvalue weighted by molar-refractivity contribution is -0.124. The lowest BCUT2D eigenvalue weighted by atomic mass is 9.78. The highest BCUT2D eigenvalue weighted by Crippen LogP contribution is 2.31. The molecule has 0 aliphatic heterocycles. The van der Waals surface area contributed by atoms with Gasteiger partial charge in [-0.3, -0.25) is 4.79 Å². The molecule has 1 aromatic carbocycles. The van der Waals surface area contributed by atoms with Crippen LogP contribution in [0.2, 0.25) is 5.02 Å². The fourth-order valence-corrected chi connectivity index (χ4v) is 4.67. The van der Waals surface area contributed by atoms with Crippen molar-refractivity contribution in [3.63, 3.8) is 0 Å². The van der Waals surface area contributed by atoms with Crippen molar-refractivity contribution < 1.29 is 13.2 Å². The molecule has 1 saturated carbocycles. The molecule has 1 aromatic rings. The fraction of sp³-hybridized carbons (Fsp3) is 0.611. The molecule has 0 aromatic heterocycles. The predicted octanol–water partition coefficient (Wildman–Crippen LogP) is 3.83. The van der Waals surface area contributed by atoms with Gasteiger partial charge < -0.3 is 5.32 Å². The van der Waals surface area contributed by atoms with Gasteiger partial charge in [0.2, 0.25) is 5.91 Å². The number of rotatable bonds is 4. The van der Waals surface area contributed by atoms with E-state index in [2.05, 4.69) is 19.2 Å². The van der Waals surface area contributed by atoms with Crippen molar-refractivity contribution in [3.05, 3.63) is 29.3 Å². The summed E-state index contributed by atoms with van der Waals surface area (Å²) in [7, 11) is -3.81. The smallest absolute Gasteiger partial charge is 0.241 e. The Morgan fingerprint density at radius 2 is 1.75 bits per heavy atom. The maximum atomic E-state index is 12.9. The van der Waals surface area contributed by atoms with E-state index in [0.29, 0.717) is 16.9 Å². The molecule has 0 radical (unpaired) electrons.